The first kappa shape index (κ1) is 13.7. The molecule has 0 radical (unpaired) electrons. The van der Waals surface area contributed by atoms with Crippen molar-refractivity contribution in [3.05, 3.63) is 17.7 Å². The van der Waals surface area contributed by atoms with Crippen molar-refractivity contribution in [2.24, 2.45) is 0 Å². The number of H-pyrrole nitrogens is 1. The van der Waals surface area contributed by atoms with E-state index in [9.17, 15) is 0 Å². The van der Waals surface area contributed by atoms with Crippen molar-refractivity contribution in [3.8, 4) is 0 Å². The summed E-state index contributed by atoms with van der Waals surface area (Å²) in [6.45, 7) is 11.6. The molecule has 0 amide bonds. The van der Waals surface area contributed by atoms with Gasteiger partial charge in [-0.2, -0.15) is 5.10 Å². The Labute approximate surface area is 115 Å². The average Bonchev–Trinajstić information content (AvgIpc) is 2.84. The molecule has 0 atom stereocenters. The smallest absolute Gasteiger partial charge is 0.160 e. The van der Waals surface area contributed by atoms with Gasteiger partial charge in [0.2, 0.25) is 0 Å². The Morgan fingerprint density at radius 1 is 1.21 bits per heavy atom. The molecule has 0 fully saturated rings. The quantitative estimate of drug-likeness (QED) is 0.835. The minimum Gasteiger partial charge on any atom is -0.384 e. The number of nitrogens with one attached hydrogen (secondary N) is 2. The van der Waals surface area contributed by atoms with E-state index in [2.05, 4.69) is 60.2 Å². The third-order valence-electron chi connectivity index (χ3n) is 3.53. The molecule has 0 aliphatic heterocycles. The Morgan fingerprint density at radius 2 is 1.95 bits per heavy atom. The lowest BCUT2D eigenvalue weighted by molar-refractivity contribution is 0.843. The maximum Gasteiger partial charge on any atom is 0.160 e. The summed E-state index contributed by atoms with van der Waals surface area (Å²) in [7, 11) is 0. The molecule has 1 aromatic heterocycles. The molecule has 1 aromatic carbocycles. The highest BCUT2D eigenvalue weighted by Crippen LogP contribution is 2.33. The van der Waals surface area contributed by atoms with E-state index in [0.29, 0.717) is 0 Å². The summed E-state index contributed by atoms with van der Waals surface area (Å²) < 4.78 is 0. The van der Waals surface area contributed by atoms with Crippen LogP contribution in [0.2, 0.25) is 0 Å². The number of nitrogens with zero attached hydrogens (tertiary/aromatic N) is 2. The number of fused-ring (bicyclic) bond motifs is 1. The van der Waals surface area contributed by atoms with E-state index < -0.39 is 0 Å². The zero-order valence-electron chi connectivity index (χ0n) is 12.4. The molecule has 4 heteroatoms. The fraction of sp³-hybridized carbons (Fsp3) is 0.533. The van der Waals surface area contributed by atoms with Crippen LogP contribution in [0.5, 0.6) is 0 Å². The van der Waals surface area contributed by atoms with Gasteiger partial charge in [0.1, 0.15) is 0 Å². The average molecular weight is 260 g/mol. The number of rotatable bonds is 6. The Balaban J connectivity index is 2.56. The van der Waals surface area contributed by atoms with E-state index in [0.717, 1.165) is 37.4 Å². The molecule has 0 saturated heterocycles. The Morgan fingerprint density at radius 3 is 2.58 bits per heavy atom. The minimum atomic E-state index is 0.970. The minimum absolute atomic E-state index is 0.970. The zero-order chi connectivity index (χ0) is 13.8. The molecule has 2 N–H and O–H groups in total. The van der Waals surface area contributed by atoms with E-state index in [1.165, 1.54) is 16.6 Å². The first-order chi connectivity index (χ1) is 9.22. The molecular weight excluding hydrogens is 236 g/mol. The maximum atomic E-state index is 4.51. The van der Waals surface area contributed by atoms with Gasteiger partial charge in [-0.05, 0) is 38.8 Å². The van der Waals surface area contributed by atoms with Crippen molar-refractivity contribution in [2.75, 3.05) is 29.9 Å². The van der Waals surface area contributed by atoms with Crippen LogP contribution in [0.3, 0.4) is 0 Å². The molecule has 0 unspecified atom stereocenters. The van der Waals surface area contributed by atoms with E-state index >= 15 is 0 Å². The Bertz CT molecular complexity index is 540. The van der Waals surface area contributed by atoms with E-state index in [1.54, 1.807) is 0 Å². The van der Waals surface area contributed by atoms with Gasteiger partial charge in [0.05, 0.1) is 16.6 Å². The molecule has 19 heavy (non-hydrogen) atoms. The van der Waals surface area contributed by atoms with Gasteiger partial charge >= 0.3 is 0 Å². The van der Waals surface area contributed by atoms with Crippen molar-refractivity contribution in [1.82, 2.24) is 10.2 Å². The number of aromatic amines is 1. The summed E-state index contributed by atoms with van der Waals surface area (Å²) in [6.07, 6.45) is 1.12. The summed E-state index contributed by atoms with van der Waals surface area (Å²) in [4.78, 5) is 2.29. The van der Waals surface area contributed by atoms with E-state index in [-0.39, 0.29) is 0 Å². The summed E-state index contributed by atoms with van der Waals surface area (Å²) in [5.74, 6) is 1.06. The van der Waals surface area contributed by atoms with Crippen LogP contribution < -0.4 is 10.2 Å². The summed E-state index contributed by atoms with van der Waals surface area (Å²) in [6, 6.07) is 4.26. The Hall–Kier alpha value is -1.71. The first-order valence-electron chi connectivity index (χ1n) is 7.19. The van der Waals surface area contributed by atoms with Gasteiger partial charge in [0, 0.05) is 19.6 Å². The van der Waals surface area contributed by atoms with Crippen LogP contribution >= 0.6 is 0 Å². The molecule has 104 valence electrons. The second kappa shape index (κ2) is 5.95. The molecule has 0 aliphatic carbocycles. The number of hydrogen-bond acceptors (Lipinski definition) is 3. The number of benzene rings is 1. The van der Waals surface area contributed by atoms with Gasteiger partial charge in [-0.25, -0.2) is 0 Å². The van der Waals surface area contributed by atoms with Gasteiger partial charge in [-0.1, -0.05) is 13.0 Å². The molecule has 0 aliphatic rings. The highest BCUT2D eigenvalue weighted by atomic mass is 15.3. The molecule has 1 heterocycles. The van der Waals surface area contributed by atoms with Crippen LogP contribution in [0.15, 0.2) is 12.1 Å². The zero-order valence-corrected chi connectivity index (χ0v) is 12.4. The lowest BCUT2D eigenvalue weighted by Crippen LogP contribution is -2.22. The van der Waals surface area contributed by atoms with Crippen LogP contribution in [0.1, 0.15) is 32.8 Å². The van der Waals surface area contributed by atoms with Crippen molar-refractivity contribution >= 4 is 22.4 Å². The van der Waals surface area contributed by atoms with E-state index in [4.69, 9.17) is 0 Å². The normalized spacial score (nSPS) is 10.9. The van der Waals surface area contributed by atoms with Crippen molar-refractivity contribution < 1.29 is 0 Å². The summed E-state index contributed by atoms with van der Waals surface area (Å²) >= 11 is 0. The van der Waals surface area contributed by atoms with Gasteiger partial charge in [-0.15, -0.1) is 0 Å². The highest BCUT2D eigenvalue weighted by Gasteiger charge is 2.15. The molecule has 2 aromatic rings. The van der Waals surface area contributed by atoms with Crippen LogP contribution in [0.4, 0.5) is 11.5 Å². The lowest BCUT2D eigenvalue weighted by Gasteiger charge is -2.20. The third kappa shape index (κ3) is 2.53. The summed E-state index contributed by atoms with van der Waals surface area (Å²) in [5, 5.41) is 12.4. The molecule has 2 rings (SSSR count). The molecule has 4 nitrogen and oxygen atoms in total. The molecule has 0 bridgehead atoms. The van der Waals surface area contributed by atoms with Crippen molar-refractivity contribution in [2.45, 2.75) is 34.1 Å². The number of aromatic nitrogens is 2. The van der Waals surface area contributed by atoms with Crippen LogP contribution in [0, 0.1) is 6.92 Å². The predicted octanol–water partition coefficient (Wildman–Crippen LogP) is 3.54. The van der Waals surface area contributed by atoms with Gasteiger partial charge in [0.15, 0.2) is 5.82 Å². The highest BCUT2D eigenvalue weighted by molar-refractivity contribution is 6.01. The number of hydrogen-bond donors (Lipinski definition) is 2. The molecule has 0 saturated carbocycles. The van der Waals surface area contributed by atoms with Gasteiger partial charge in [-0.3, -0.25) is 5.10 Å². The summed E-state index contributed by atoms with van der Waals surface area (Å²) in [5.41, 5.74) is 3.59. The SMILES string of the molecule is CCCNc1c(C)ccc2[nH]nc(N(CC)CC)c12. The standard InChI is InChI=1S/C15H24N4/c1-5-10-16-14-11(4)8-9-12-13(14)15(18-17-12)19(6-2)7-3/h8-9,16H,5-7,10H2,1-4H3,(H,17,18). The fourth-order valence-corrected chi connectivity index (χ4v) is 2.43. The topological polar surface area (TPSA) is 44.0 Å². The van der Waals surface area contributed by atoms with Crippen molar-refractivity contribution in [3.63, 3.8) is 0 Å². The van der Waals surface area contributed by atoms with Gasteiger partial charge < -0.3 is 10.2 Å². The van der Waals surface area contributed by atoms with Gasteiger partial charge in [0.25, 0.3) is 0 Å². The van der Waals surface area contributed by atoms with E-state index in [1.807, 2.05) is 0 Å². The second-order valence-corrected chi connectivity index (χ2v) is 4.83. The second-order valence-electron chi connectivity index (χ2n) is 4.83. The number of aryl methyl sites for hydroxylation is 1. The van der Waals surface area contributed by atoms with Crippen LogP contribution in [0.25, 0.3) is 10.9 Å². The van der Waals surface area contributed by atoms with Crippen LogP contribution in [-0.2, 0) is 0 Å². The third-order valence-corrected chi connectivity index (χ3v) is 3.53. The van der Waals surface area contributed by atoms with Crippen LogP contribution in [-0.4, -0.2) is 29.8 Å². The fourth-order valence-electron chi connectivity index (χ4n) is 2.43. The predicted molar refractivity (Wildman–Crippen MR) is 83.2 cm³/mol. The first-order valence-corrected chi connectivity index (χ1v) is 7.19. The monoisotopic (exact) mass is 260 g/mol. The number of anilines is 2. The largest absolute Gasteiger partial charge is 0.384 e. The Kier molecular flexibility index (Phi) is 4.30. The maximum absolute atomic E-state index is 4.51. The molecular formula is C15H24N4. The van der Waals surface area contributed by atoms with Crippen molar-refractivity contribution in [1.29, 1.82) is 0 Å². The lowest BCUT2D eigenvalue weighted by atomic mass is 10.1. The molecule has 0 spiro atoms.